The highest BCUT2D eigenvalue weighted by molar-refractivity contribution is 7.17. The molecule has 2 heterocycles. The Labute approximate surface area is 189 Å². The zero-order valence-corrected chi connectivity index (χ0v) is 18.6. The molecule has 1 N–H and O–H groups in total. The van der Waals surface area contributed by atoms with Gasteiger partial charge >= 0.3 is 0 Å². The highest BCUT2D eigenvalue weighted by Gasteiger charge is 2.19. The summed E-state index contributed by atoms with van der Waals surface area (Å²) in [5.41, 5.74) is 3.72. The Kier molecular flexibility index (Phi) is 5.49. The fourth-order valence-corrected chi connectivity index (χ4v) is 5.31. The van der Waals surface area contributed by atoms with Crippen molar-refractivity contribution in [2.75, 3.05) is 5.32 Å². The van der Waals surface area contributed by atoms with E-state index in [4.69, 9.17) is 4.74 Å². The molecule has 6 nitrogen and oxygen atoms in total. The number of carbonyl (C=O) groups is 1. The molecule has 1 aliphatic carbocycles. The second-order valence-electron chi connectivity index (χ2n) is 7.94. The number of fused-ring (bicyclic) bond motifs is 3. The zero-order chi connectivity index (χ0) is 22.1. The lowest BCUT2D eigenvalue weighted by atomic mass is 10.0. The number of benzene rings is 2. The van der Waals surface area contributed by atoms with Gasteiger partial charge in [-0.3, -0.25) is 14.0 Å². The third-order valence-corrected chi connectivity index (χ3v) is 6.86. The lowest BCUT2D eigenvalue weighted by Gasteiger charge is -2.13. The standard InChI is InChI=1S/C25H23N3O3S/c1-16-8-2-3-9-18(16)24(30)27-19-10-4-6-12-21(19)31-15-17-14-23(29)28-20-11-5-7-13-22(20)32-25(28)26-17/h2-4,6,8-10,12,14H,5,7,11,13,15H2,1H3,(H,27,30). The number of aromatic nitrogens is 2. The molecule has 2 aromatic carbocycles. The highest BCUT2D eigenvalue weighted by Crippen LogP contribution is 2.29. The maximum absolute atomic E-state index is 12.8. The summed E-state index contributed by atoms with van der Waals surface area (Å²) in [6.45, 7) is 2.05. The highest BCUT2D eigenvalue weighted by atomic mass is 32.1. The zero-order valence-electron chi connectivity index (χ0n) is 17.8. The van der Waals surface area contributed by atoms with Gasteiger partial charge in [-0.1, -0.05) is 30.3 Å². The van der Waals surface area contributed by atoms with E-state index in [-0.39, 0.29) is 18.1 Å². The van der Waals surface area contributed by atoms with Crippen molar-refractivity contribution in [3.63, 3.8) is 0 Å². The smallest absolute Gasteiger partial charge is 0.259 e. The minimum atomic E-state index is -0.193. The van der Waals surface area contributed by atoms with Crippen LogP contribution in [0.3, 0.4) is 0 Å². The summed E-state index contributed by atoms with van der Waals surface area (Å²) in [7, 11) is 0. The molecule has 0 fully saturated rings. The molecular formula is C25H23N3O3S. The fraction of sp³-hybridized carbons (Fsp3) is 0.240. The van der Waals surface area contributed by atoms with E-state index in [1.165, 1.54) is 4.88 Å². The molecular weight excluding hydrogens is 422 g/mol. The minimum Gasteiger partial charge on any atom is -0.485 e. The molecule has 5 rings (SSSR count). The van der Waals surface area contributed by atoms with Crippen LogP contribution in [0.5, 0.6) is 5.75 Å². The van der Waals surface area contributed by atoms with E-state index in [0.717, 1.165) is 41.9 Å². The van der Waals surface area contributed by atoms with Crippen molar-refractivity contribution in [3.8, 4) is 5.75 Å². The van der Waals surface area contributed by atoms with Crippen LogP contribution in [0.4, 0.5) is 5.69 Å². The number of nitrogens with one attached hydrogen (secondary N) is 1. The first-order chi connectivity index (χ1) is 15.6. The van der Waals surface area contributed by atoms with Crippen LogP contribution in [0, 0.1) is 6.92 Å². The number of carbonyl (C=O) groups excluding carboxylic acids is 1. The summed E-state index contributed by atoms with van der Waals surface area (Å²) in [4.78, 5) is 32.2. The van der Waals surface area contributed by atoms with E-state index in [1.807, 2.05) is 37.3 Å². The first-order valence-electron chi connectivity index (χ1n) is 10.7. The van der Waals surface area contributed by atoms with Gasteiger partial charge in [0, 0.05) is 22.2 Å². The van der Waals surface area contributed by atoms with E-state index in [0.29, 0.717) is 22.7 Å². The average Bonchev–Trinajstić information content (AvgIpc) is 3.17. The van der Waals surface area contributed by atoms with Crippen LogP contribution in [0.1, 0.15) is 45.0 Å². The Morgan fingerprint density at radius 2 is 1.91 bits per heavy atom. The van der Waals surface area contributed by atoms with Crippen LogP contribution in [0.2, 0.25) is 0 Å². The normalized spacial score (nSPS) is 13.0. The molecule has 4 aromatic rings. The van der Waals surface area contributed by atoms with E-state index >= 15 is 0 Å². The number of hydrogen-bond acceptors (Lipinski definition) is 5. The molecule has 1 amide bonds. The molecule has 1 aliphatic rings. The minimum absolute atomic E-state index is 0.0610. The van der Waals surface area contributed by atoms with Crippen LogP contribution >= 0.6 is 11.3 Å². The van der Waals surface area contributed by atoms with Crippen molar-refractivity contribution in [3.05, 3.63) is 92.3 Å². The maximum Gasteiger partial charge on any atom is 0.259 e. The second-order valence-corrected chi connectivity index (χ2v) is 9.00. The van der Waals surface area contributed by atoms with Crippen molar-refractivity contribution >= 4 is 27.9 Å². The summed E-state index contributed by atoms with van der Waals surface area (Å²) in [6.07, 6.45) is 4.22. The molecule has 7 heteroatoms. The molecule has 0 bridgehead atoms. The summed E-state index contributed by atoms with van der Waals surface area (Å²) in [6, 6.07) is 16.3. The summed E-state index contributed by atoms with van der Waals surface area (Å²) >= 11 is 1.60. The van der Waals surface area contributed by atoms with Crippen LogP contribution < -0.4 is 15.6 Å². The number of ether oxygens (including phenoxy) is 1. The molecule has 32 heavy (non-hydrogen) atoms. The molecule has 0 atom stereocenters. The van der Waals surface area contributed by atoms with E-state index < -0.39 is 0 Å². The van der Waals surface area contributed by atoms with Crippen LogP contribution in [0.15, 0.2) is 59.4 Å². The number of rotatable bonds is 5. The van der Waals surface area contributed by atoms with Crippen molar-refractivity contribution in [1.29, 1.82) is 0 Å². The number of thiazole rings is 1. The van der Waals surface area contributed by atoms with Crippen molar-refractivity contribution in [2.24, 2.45) is 0 Å². The second kappa shape index (κ2) is 8.59. The van der Waals surface area contributed by atoms with Gasteiger partial charge in [0.1, 0.15) is 12.4 Å². The Morgan fingerprint density at radius 1 is 1.12 bits per heavy atom. The molecule has 2 aromatic heterocycles. The van der Waals surface area contributed by atoms with Gasteiger partial charge in [0.05, 0.1) is 11.4 Å². The van der Waals surface area contributed by atoms with Gasteiger partial charge in [-0.2, -0.15) is 0 Å². The third kappa shape index (κ3) is 3.91. The Bertz CT molecular complexity index is 1370. The first kappa shape index (κ1) is 20.5. The van der Waals surface area contributed by atoms with Gasteiger partial charge in [0.25, 0.3) is 11.5 Å². The lowest BCUT2D eigenvalue weighted by Crippen LogP contribution is -2.18. The van der Waals surface area contributed by atoms with E-state index in [1.54, 1.807) is 40.0 Å². The predicted octanol–water partition coefficient (Wildman–Crippen LogP) is 4.77. The Morgan fingerprint density at radius 3 is 2.78 bits per heavy atom. The van der Waals surface area contributed by atoms with Crippen LogP contribution in [0.25, 0.3) is 4.96 Å². The van der Waals surface area contributed by atoms with Crippen molar-refractivity contribution in [1.82, 2.24) is 9.38 Å². The molecule has 0 radical (unpaired) electrons. The summed E-state index contributed by atoms with van der Waals surface area (Å²) in [5.74, 6) is 0.336. The number of nitrogens with zero attached hydrogens (tertiary/aromatic N) is 2. The first-order valence-corrected chi connectivity index (χ1v) is 11.5. The lowest BCUT2D eigenvalue weighted by molar-refractivity contribution is 0.102. The number of hydrogen-bond donors (Lipinski definition) is 1. The van der Waals surface area contributed by atoms with E-state index in [2.05, 4.69) is 10.3 Å². The molecule has 0 spiro atoms. The number of anilines is 1. The molecule has 0 unspecified atom stereocenters. The van der Waals surface area contributed by atoms with Gasteiger partial charge in [0.15, 0.2) is 4.96 Å². The molecule has 0 aliphatic heterocycles. The van der Waals surface area contributed by atoms with Gasteiger partial charge < -0.3 is 10.1 Å². The third-order valence-electron chi connectivity index (χ3n) is 5.72. The molecule has 0 saturated heterocycles. The number of para-hydroxylation sites is 2. The quantitative estimate of drug-likeness (QED) is 0.480. The van der Waals surface area contributed by atoms with Gasteiger partial charge in [0.2, 0.25) is 0 Å². The van der Waals surface area contributed by atoms with Crippen molar-refractivity contribution < 1.29 is 9.53 Å². The summed E-state index contributed by atoms with van der Waals surface area (Å²) in [5, 5.41) is 2.93. The maximum atomic E-state index is 12.8. The number of aryl methyl sites for hydroxylation is 3. The van der Waals surface area contributed by atoms with Crippen LogP contribution in [-0.2, 0) is 19.4 Å². The Hall–Kier alpha value is -3.45. The monoisotopic (exact) mass is 445 g/mol. The van der Waals surface area contributed by atoms with Gasteiger partial charge in [-0.15, -0.1) is 11.3 Å². The van der Waals surface area contributed by atoms with Crippen LogP contribution in [-0.4, -0.2) is 15.3 Å². The molecule has 0 saturated carbocycles. The average molecular weight is 446 g/mol. The SMILES string of the molecule is Cc1ccccc1C(=O)Nc1ccccc1OCc1cc(=O)n2c3c(sc2n1)CCCC3. The van der Waals surface area contributed by atoms with E-state index in [9.17, 15) is 9.59 Å². The van der Waals surface area contributed by atoms with Crippen molar-refractivity contribution in [2.45, 2.75) is 39.2 Å². The largest absolute Gasteiger partial charge is 0.485 e. The van der Waals surface area contributed by atoms with Gasteiger partial charge in [-0.25, -0.2) is 4.98 Å². The fourth-order valence-electron chi connectivity index (χ4n) is 4.08. The predicted molar refractivity (Wildman–Crippen MR) is 126 cm³/mol. The summed E-state index contributed by atoms with van der Waals surface area (Å²) < 4.78 is 7.72. The molecule has 162 valence electrons. The van der Waals surface area contributed by atoms with Gasteiger partial charge in [-0.05, 0) is 56.4 Å². The Balaban J connectivity index is 1.37. The topological polar surface area (TPSA) is 72.7 Å². The number of amides is 1.